The normalized spacial score (nSPS) is 17.1. The fourth-order valence-corrected chi connectivity index (χ4v) is 3.25. The van der Waals surface area contributed by atoms with Gasteiger partial charge in [0.05, 0.1) is 0 Å². The lowest BCUT2D eigenvalue weighted by molar-refractivity contribution is -0.117. The third-order valence-electron chi connectivity index (χ3n) is 4.68. The van der Waals surface area contributed by atoms with Crippen molar-refractivity contribution in [3.63, 3.8) is 0 Å². The minimum Gasteiger partial charge on any atom is -0.334 e. The highest BCUT2D eigenvalue weighted by Crippen LogP contribution is 2.33. The molecular weight excluding hydrogens is 333 g/mol. The Balaban J connectivity index is 1.56. The molecular formula is C20H18FN3O2. The maximum Gasteiger partial charge on any atom is 0.257 e. The molecule has 0 aliphatic carbocycles. The third-order valence-corrected chi connectivity index (χ3v) is 4.68. The maximum absolute atomic E-state index is 13.3. The predicted molar refractivity (Wildman–Crippen MR) is 95.3 cm³/mol. The largest absolute Gasteiger partial charge is 0.334 e. The Morgan fingerprint density at radius 1 is 1.15 bits per heavy atom. The Hall–Kier alpha value is -3.02. The highest BCUT2D eigenvalue weighted by molar-refractivity contribution is 5.97. The fraction of sp³-hybridized carbons (Fsp3) is 0.250. The molecule has 2 aromatic carbocycles. The topological polar surface area (TPSA) is 59.2 Å². The summed E-state index contributed by atoms with van der Waals surface area (Å²) in [7, 11) is 0. The van der Waals surface area contributed by atoms with Crippen LogP contribution in [0.15, 0.2) is 47.0 Å². The molecule has 0 N–H and O–H groups in total. The molecule has 1 fully saturated rings. The number of halogens is 1. The van der Waals surface area contributed by atoms with E-state index in [0.29, 0.717) is 24.7 Å². The zero-order chi connectivity index (χ0) is 18.3. The molecule has 1 unspecified atom stereocenters. The Labute approximate surface area is 150 Å². The third kappa shape index (κ3) is 2.98. The summed E-state index contributed by atoms with van der Waals surface area (Å²) in [4.78, 5) is 18.6. The molecule has 1 aliphatic rings. The number of aryl methyl sites for hydroxylation is 2. The van der Waals surface area contributed by atoms with E-state index in [0.717, 1.165) is 22.4 Å². The van der Waals surface area contributed by atoms with E-state index in [9.17, 15) is 9.18 Å². The van der Waals surface area contributed by atoms with E-state index < -0.39 is 0 Å². The first kappa shape index (κ1) is 16.4. The number of hydrogen-bond acceptors (Lipinski definition) is 4. The molecule has 26 heavy (non-hydrogen) atoms. The van der Waals surface area contributed by atoms with Crippen LogP contribution in [0, 0.1) is 19.7 Å². The van der Waals surface area contributed by atoms with Gasteiger partial charge < -0.3 is 9.42 Å². The second-order valence-electron chi connectivity index (χ2n) is 6.66. The zero-order valence-electron chi connectivity index (χ0n) is 14.6. The first-order valence-electron chi connectivity index (χ1n) is 8.48. The van der Waals surface area contributed by atoms with Crippen molar-refractivity contribution in [1.29, 1.82) is 0 Å². The quantitative estimate of drug-likeness (QED) is 0.715. The molecule has 3 aromatic rings. The summed E-state index contributed by atoms with van der Waals surface area (Å²) in [6, 6.07) is 12.3. The van der Waals surface area contributed by atoms with E-state index in [4.69, 9.17) is 4.52 Å². The molecule has 1 aromatic heterocycles. The van der Waals surface area contributed by atoms with Gasteiger partial charge in [-0.2, -0.15) is 4.98 Å². The first-order chi connectivity index (χ1) is 12.5. The Morgan fingerprint density at radius 2 is 1.92 bits per heavy atom. The number of nitrogens with zero attached hydrogens (tertiary/aromatic N) is 3. The summed E-state index contributed by atoms with van der Waals surface area (Å²) >= 11 is 0. The van der Waals surface area contributed by atoms with Crippen molar-refractivity contribution in [2.24, 2.45) is 0 Å². The van der Waals surface area contributed by atoms with Crippen molar-refractivity contribution in [2.45, 2.75) is 26.2 Å². The molecule has 6 heteroatoms. The second-order valence-corrected chi connectivity index (χ2v) is 6.66. The molecule has 0 radical (unpaired) electrons. The number of hydrogen-bond donors (Lipinski definition) is 0. The van der Waals surface area contributed by atoms with Crippen LogP contribution >= 0.6 is 0 Å². The molecule has 0 saturated carbocycles. The van der Waals surface area contributed by atoms with E-state index in [2.05, 4.69) is 10.1 Å². The SMILES string of the molecule is Cc1ccc(-c2nc(C3CC(=O)N(c4ccc(F)cc4C)C3)no2)cc1. The van der Waals surface area contributed by atoms with Crippen molar-refractivity contribution in [3.8, 4) is 11.5 Å². The number of carbonyl (C=O) groups is 1. The average molecular weight is 351 g/mol. The van der Waals surface area contributed by atoms with Gasteiger partial charge in [-0.1, -0.05) is 22.9 Å². The molecule has 1 amide bonds. The average Bonchev–Trinajstić information content (AvgIpc) is 3.23. The summed E-state index contributed by atoms with van der Waals surface area (Å²) < 4.78 is 18.7. The van der Waals surface area contributed by atoms with Gasteiger partial charge in [0.1, 0.15) is 5.82 Å². The monoisotopic (exact) mass is 351 g/mol. The molecule has 1 aliphatic heterocycles. The van der Waals surface area contributed by atoms with Gasteiger partial charge in [-0.25, -0.2) is 4.39 Å². The van der Waals surface area contributed by atoms with Crippen LogP contribution in [0.4, 0.5) is 10.1 Å². The van der Waals surface area contributed by atoms with Crippen LogP contribution in [-0.4, -0.2) is 22.6 Å². The van der Waals surface area contributed by atoms with Gasteiger partial charge in [0, 0.05) is 30.1 Å². The van der Waals surface area contributed by atoms with E-state index >= 15 is 0 Å². The summed E-state index contributed by atoms with van der Waals surface area (Å²) in [6.45, 7) is 4.26. The van der Waals surface area contributed by atoms with E-state index in [1.54, 1.807) is 17.9 Å². The minimum atomic E-state index is -0.310. The smallest absolute Gasteiger partial charge is 0.257 e. The molecule has 2 heterocycles. The molecule has 1 atom stereocenters. The lowest BCUT2D eigenvalue weighted by atomic mass is 10.1. The van der Waals surface area contributed by atoms with Crippen LogP contribution < -0.4 is 4.90 Å². The van der Waals surface area contributed by atoms with Crippen molar-refractivity contribution in [1.82, 2.24) is 10.1 Å². The molecule has 5 nitrogen and oxygen atoms in total. The fourth-order valence-electron chi connectivity index (χ4n) is 3.25. The highest BCUT2D eigenvalue weighted by atomic mass is 19.1. The van der Waals surface area contributed by atoms with Gasteiger partial charge in [-0.15, -0.1) is 0 Å². The number of amides is 1. The molecule has 0 spiro atoms. The van der Waals surface area contributed by atoms with Crippen LogP contribution in [0.2, 0.25) is 0 Å². The van der Waals surface area contributed by atoms with Crippen molar-refractivity contribution >= 4 is 11.6 Å². The van der Waals surface area contributed by atoms with Gasteiger partial charge in [-0.3, -0.25) is 4.79 Å². The summed E-state index contributed by atoms with van der Waals surface area (Å²) in [6.07, 6.45) is 0.309. The maximum atomic E-state index is 13.3. The molecule has 1 saturated heterocycles. The highest BCUT2D eigenvalue weighted by Gasteiger charge is 2.35. The Bertz CT molecular complexity index is 965. The van der Waals surface area contributed by atoms with Gasteiger partial charge >= 0.3 is 0 Å². The van der Waals surface area contributed by atoms with Gasteiger partial charge in [0.2, 0.25) is 5.91 Å². The van der Waals surface area contributed by atoms with Crippen LogP contribution in [0.25, 0.3) is 11.5 Å². The second kappa shape index (κ2) is 6.37. The summed E-state index contributed by atoms with van der Waals surface area (Å²) in [5, 5.41) is 4.07. The Kier molecular flexibility index (Phi) is 4.03. The first-order valence-corrected chi connectivity index (χ1v) is 8.48. The van der Waals surface area contributed by atoms with Crippen molar-refractivity contribution in [3.05, 3.63) is 65.2 Å². The van der Waals surface area contributed by atoms with Crippen LogP contribution in [0.3, 0.4) is 0 Å². The van der Waals surface area contributed by atoms with Crippen molar-refractivity contribution in [2.75, 3.05) is 11.4 Å². The number of rotatable bonds is 3. The zero-order valence-corrected chi connectivity index (χ0v) is 14.6. The van der Waals surface area contributed by atoms with Crippen molar-refractivity contribution < 1.29 is 13.7 Å². The predicted octanol–water partition coefficient (Wildman–Crippen LogP) is 4.01. The lowest BCUT2D eigenvalue weighted by Crippen LogP contribution is -2.25. The summed E-state index contributed by atoms with van der Waals surface area (Å²) in [5.41, 5.74) is 3.46. The van der Waals surface area contributed by atoms with Gasteiger partial charge in [-0.05, 0) is 49.7 Å². The van der Waals surface area contributed by atoms with Crippen LogP contribution in [-0.2, 0) is 4.79 Å². The van der Waals surface area contributed by atoms with Crippen LogP contribution in [0.1, 0.15) is 29.3 Å². The summed E-state index contributed by atoms with van der Waals surface area (Å²) in [5.74, 6) is 0.497. The number of aromatic nitrogens is 2. The Morgan fingerprint density at radius 3 is 2.65 bits per heavy atom. The lowest BCUT2D eigenvalue weighted by Gasteiger charge is -2.18. The van der Waals surface area contributed by atoms with E-state index in [1.807, 2.05) is 31.2 Å². The standard InChI is InChI=1S/C20H18FN3O2/c1-12-3-5-14(6-4-12)20-22-19(23-26-20)15-10-18(25)24(11-15)17-8-7-16(21)9-13(17)2/h3-9,15H,10-11H2,1-2H3. The van der Waals surface area contributed by atoms with Crippen LogP contribution in [0.5, 0.6) is 0 Å². The van der Waals surface area contributed by atoms with Gasteiger partial charge in [0.15, 0.2) is 5.82 Å². The van der Waals surface area contributed by atoms with E-state index in [1.165, 1.54) is 12.1 Å². The van der Waals surface area contributed by atoms with E-state index in [-0.39, 0.29) is 17.6 Å². The number of anilines is 1. The molecule has 0 bridgehead atoms. The van der Waals surface area contributed by atoms with Gasteiger partial charge in [0.25, 0.3) is 5.89 Å². The number of benzene rings is 2. The minimum absolute atomic E-state index is 0.0219. The molecule has 4 rings (SSSR count). The molecule has 132 valence electrons. The number of carbonyl (C=O) groups excluding carboxylic acids is 1.